The third kappa shape index (κ3) is 3.54. The van der Waals surface area contributed by atoms with E-state index < -0.39 is 0 Å². The number of nitrogens with zero attached hydrogens (tertiary/aromatic N) is 2. The van der Waals surface area contributed by atoms with Crippen LogP contribution in [0.4, 0.5) is 4.39 Å². The normalized spacial score (nSPS) is 11.8. The lowest BCUT2D eigenvalue weighted by Crippen LogP contribution is -2.28. The van der Waals surface area contributed by atoms with Gasteiger partial charge in [0.1, 0.15) is 5.82 Å². The number of hydrogen-bond acceptors (Lipinski definition) is 5. The monoisotopic (exact) mass is 281 g/mol. The number of halogens is 1. The van der Waals surface area contributed by atoms with Gasteiger partial charge in [0.15, 0.2) is 5.82 Å². The van der Waals surface area contributed by atoms with Gasteiger partial charge in [0.25, 0.3) is 0 Å². The van der Waals surface area contributed by atoms with E-state index in [0.717, 1.165) is 4.90 Å². The standard InChI is InChI=1S/C13H16FN3OS/c1-13(2,8-15)12-16-11(17-18-12)7-19-10-5-3-4-9(14)6-10/h3-6H,7-8,15H2,1-2H3. The fourth-order valence-electron chi connectivity index (χ4n) is 1.38. The van der Waals surface area contributed by atoms with Gasteiger partial charge in [0.2, 0.25) is 5.89 Å². The van der Waals surface area contributed by atoms with Crippen LogP contribution in [0, 0.1) is 5.82 Å². The predicted octanol–water partition coefficient (Wildman–Crippen LogP) is 2.74. The van der Waals surface area contributed by atoms with Gasteiger partial charge in [0, 0.05) is 11.4 Å². The number of aromatic nitrogens is 2. The fourth-order valence-corrected chi connectivity index (χ4v) is 2.16. The zero-order chi connectivity index (χ0) is 13.9. The minimum Gasteiger partial charge on any atom is -0.339 e. The van der Waals surface area contributed by atoms with Gasteiger partial charge >= 0.3 is 0 Å². The second kappa shape index (κ2) is 5.71. The first-order valence-electron chi connectivity index (χ1n) is 5.93. The first kappa shape index (κ1) is 14.0. The molecule has 0 unspecified atom stereocenters. The Bertz CT molecular complexity index is 556. The van der Waals surface area contributed by atoms with Gasteiger partial charge in [-0.1, -0.05) is 11.2 Å². The summed E-state index contributed by atoms with van der Waals surface area (Å²) in [6.45, 7) is 4.33. The molecule has 0 saturated carbocycles. The maximum absolute atomic E-state index is 13.0. The fraction of sp³-hybridized carbons (Fsp3) is 0.385. The number of hydrogen-bond donors (Lipinski definition) is 1. The summed E-state index contributed by atoms with van der Waals surface area (Å²) in [5.74, 6) is 1.41. The first-order valence-corrected chi connectivity index (χ1v) is 6.91. The minimum absolute atomic E-state index is 0.247. The molecular formula is C13H16FN3OS. The highest BCUT2D eigenvalue weighted by Crippen LogP contribution is 2.24. The highest BCUT2D eigenvalue weighted by atomic mass is 32.2. The molecule has 2 rings (SSSR count). The van der Waals surface area contributed by atoms with E-state index in [2.05, 4.69) is 10.1 Å². The highest BCUT2D eigenvalue weighted by molar-refractivity contribution is 7.98. The zero-order valence-electron chi connectivity index (χ0n) is 10.9. The smallest absolute Gasteiger partial charge is 0.233 e. The van der Waals surface area contributed by atoms with Gasteiger partial charge in [0.05, 0.1) is 11.2 Å². The summed E-state index contributed by atoms with van der Waals surface area (Å²) < 4.78 is 18.2. The third-order valence-electron chi connectivity index (χ3n) is 2.72. The van der Waals surface area contributed by atoms with Crippen LogP contribution in [0.2, 0.25) is 0 Å². The predicted molar refractivity (Wildman–Crippen MR) is 72.3 cm³/mol. The zero-order valence-corrected chi connectivity index (χ0v) is 11.7. The number of benzene rings is 1. The summed E-state index contributed by atoms with van der Waals surface area (Å²) in [5, 5.41) is 3.91. The van der Waals surface area contributed by atoms with Crippen molar-refractivity contribution in [2.75, 3.05) is 6.54 Å². The summed E-state index contributed by atoms with van der Waals surface area (Å²) in [6, 6.07) is 6.42. The molecule has 0 saturated heterocycles. The molecule has 1 heterocycles. The minimum atomic E-state index is -0.325. The molecule has 0 aliphatic rings. The molecule has 2 N–H and O–H groups in total. The van der Waals surface area contributed by atoms with Crippen LogP contribution in [0.3, 0.4) is 0 Å². The number of nitrogens with two attached hydrogens (primary N) is 1. The van der Waals surface area contributed by atoms with Crippen molar-refractivity contribution in [3.63, 3.8) is 0 Å². The quantitative estimate of drug-likeness (QED) is 0.854. The molecular weight excluding hydrogens is 265 g/mol. The molecule has 0 aliphatic carbocycles. The molecule has 1 aromatic heterocycles. The molecule has 0 fully saturated rings. The molecule has 0 amide bonds. The lowest BCUT2D eigenvalue weighted by atomic mass is 9.94. The van der Waals surface area contributed by atoms with Crippen LogP contribution in [0.1, 0.15) is 25.6 Å². The SMILES string of the molecule is CC(C)(CN)c1nc(CSc2cccc(F)c2)no1. The summed E-state index contributed by atoms with van der Waals surface area (Å²) in [4.78, 5) is 5.16. The van der Waals surface area contributed by atoms with Gasteiger partial charge < -0.3 is 10.3 Å². The highest BCUT2D eigenvalue weighted by Gasteiger charge is 2.25. The van der Waals surface area contributed by atoms with E-state index >= 15 is 0 Å². The van der Waals surface area contributed by atoms with Gasteiger partial charge in [-0.2, -0.15) is 4.98 Å². The molecule has 0 spiro atoms. The summed E-state index contributed by atoms with van der Waals surface area (Å²) >= 11 is 1.46. The van der Waals surface area contributed by atoms with Crippen molar-refractivity contribution in [2.45, 2.75) is 29.9 Å². The van der Waals surface area contributed by atoms with Crippen molar-refractivity contribution in [1.82, 2.24) is 10.1 Å². The Labute approximate surface area is 115 Å². The summed E-state index contributed by atoms with van der Waals surface area (Å²) in [6.07, 6.45) is 0. The summed E-state index contributed by atoms with van der Waals surface area (Å²) in [7, 11) is 0. The average molecular weight is 281 g/mol. The second-order valence-corrected chi connectivity index (χ2v) is 5.90. The van der Waals surface area contributed by atoms with Crippen LogP contribution < -0.4 is 5.73 Å². The van der Waals surface area contributed by atoms with E-state index in [1.165, 1.54) is 23.9 Å². The molecule has 102 valence electrons. The molecule has 0 atom stereocenters. The van der Waals surface area contributed by atoms with Crippen LogP contribution in [0.5, 0.6) is 0 Å². The van der Waals surface area contributed by atoms with E-state index in [4.69, 9.17) is 10.3 Å². The van der Waals surface area contributed by atoms with Crippen molar-refractivity contribution in [3.05, 3.63) is 41.8 Å². The Morgan fingerprint density at radius 3 is 2.89 bits per heavy atom. The Hall–Kier alpha value is -1.40. The van der Waals surface area contributed by atoms with Gasteiger partial charge in [-0.15, -0.1) is 11.8 Å². The summed E-state index contributed by atoms with van der Waals surface area (Å²) in [5.41, 5.74) is 5.33. The Morgan fingerprint density at radius 1 is 1.42 bits per heavy atom. The topological polar surface area (TPSA) is 64.9 Å². The Kier molecular flexibility index (Phi) is 4.21. The maximum Gasteiger partial charge on any atom is 0.233 e. The van der Waals surface area contributed by atoms with Crippen LogP contribution in [-0.4, -0.2) is 16.7 Å². The maximum atomic E-state index is 13.0. The lowest BCUT2D eigenvalue weighted by Gasteiger charge is -2.15. The molecule has 6 heteroatoms. The van der Waals surface area contributed by atoms with Gasteiger partial charge in [-0.3, -0.25) is 0 Å². The van der Waals surface area contributed by atoms with Crippen LogP contribution in [-0.2, 0) is 11.2 Å². The van der Waals surface area contributed by atoms with E-state index in [1.54, 1.807) is 6.07 Å². The number of rotatable bonds is 5. The van der Waals surface area contributed by atoms with Gasteiger partial charge in [-0.05, 0) is 32.0 Å². The Morgan fingerprint density at radius 2 is 2.21 bits per heavy atom. The Balaban J connectivity index is 2.01. The molecule has 1 aromatic carbocycles. The molecule has 0 aliphatic heterocycles. The second-order valence-electron chi connectivity index (χ2n) is 4.85. The van der Waals surface area contributed by atoms with E-state index in [-0.39, 0.29) is 11.2 Å². The van der Waals surface area contributed by atoms with Crippen molar-refractivity contribution in [2.24, 2.45) is 5.73 Å². The average Bonchev–Trinajstić information content (AvgIpc) is 2.86. The van der Waals surface area contributed by atoms with Crippen LogP contribution in [0.15, 0.2) is 33.7 Å². The van der Waals surface area contributed by atoms with Crippen LogP contribution in [0.25, 0.3) is 0 Å². The van der Waals surface area contributed by atoms with E-state index in [1.807, 2.05) is 19.9 Å². The van der Waals surface area contributed by atoms with Crippen molar-refractivity contribution < 1.29 is 8.91 Å². The molecule has 0 radical (unpaired) electrons. The van der Waals surface area contributed by atoms with Crippen molar-refractivity contribution in [1.29, 1.82) is 0 Å². The van der Waals surface area contributed by atoms with Crippen LogP contribution >= 0.6 is 11.8 Å². The largest absolute Gasteiger partial charge is 0.339 e. The first-order chi connectivity index (χ1) is 9.01. The molecule has 4 nitrogen and oxygen atoms in total. The third-order valence-corrected chi connectivity index (χ3v) is 3.71. The number of thioether (sulfide) groups is 1. The van der Waals surface area contributed by atoms with E-state index in [9.17, 15) is 4.39 Å². The van der Waals surface area contributed by atoms with Gasteiger partial charge in [-0.25, -0.2) is 4.39 Å². The van der Waals surface area contributed by atoms with Crippen molar-refractivity contribution in [3.8, 4) is 0 Å². The van der Waals surface area contributed by atoms with Crippen molar-refractivity contribution >= 4 is 11.8 Å². The lowest BCUT2D eigenvalue weighted by molar-refractivity contribution is 0.309. The molecule has 2 aromatic rings. The molecule has 19 heavy (non-hydrogen) atoms. The van der Waals surface area contributed by atoms with E-state index in [0.29, 0.717) is 24.0 Å². The molecule has 0 bridgehead atoms.